The van der Waals surface area contributed by atoms with E-state index < -0.39 is 6.10 Å². The van der Waals surface area contributed by atoms with Crippen LogP contribution >= 0.6 is 0 Å². The van der Waals surface area contributed by atoms with E-state index in [0.717, 1.165) is 77.0 Å². The number of rotatable bonds is 58. The highest BCUT2D eigenvalue weighted by atomic mass is 16.6. The molecule has 5 heteroatoms. The second kappa shape index (κ2) is 62.6. The van der Waals surface area contributed by atoms with Crippen LogP contribution in [-0.4, -0.2) is 37.9 Å². The van der Waals surface area contributed by atoms with E-state index in [1.807, 2.05) is 0 Å². The number of allylic oxidation sites excluding steroid dienone is 12. The van der Waals surface area contributed by atoms with Gasteiger partial charge in [-0.25, -0.2) is 0 Å². The van der Waals surface area contributed by atoms with Gasteiger partial charge in [0.15, 0.2) is 6.10 Å². The van der Waals surface area contributed by atoms with Crippen molar-refractivity contribution in [3.05, 3.63) is 72.9 Å². The molecule has 0 aliphatic heterocycles. The Morgan fingerprint density at radius 3 is 0.958 bits per heavy atom. The third-order valence-corrected chi connectivity index (χ3v) is 13.7. The van der Waals surface area contributed by atoms with Gasteiger partial charge in [-0.15, -0.1) is 0 Å². The molecular weight excluding hydrogens is 885 g/mol. The third kappa shape index (κ3) is 59.9. The zero-order chi connectivity index (χ0) is 52.0. The Morgan fingerprint density at radius 1 is 0.306 bits per heavy atom. The molecule has 0 aromatic rings. The van der Waals surface area contributed by atoms with Crippen molar-refractivity contribution in [3.8, 4) is 0 Å². The fraction of sp³-hybridized carbons (Fsp3) is 0.791. The van der Waals surface area contributed by atoms with Crippen molar-refractivity contribution in [2.75, 3.05) is 19.8 Å². The van der Waals surface area contributed by atoms with Crippen molar-refractivity contribution in [1.29, 1.82) is 0 Å². The van der Waals surface area contributed by atoms with E-state index in [-0.39, 0.29) is 25.2 Å². The van der Waals surface area contributed by atoms with E-state index in [0.29, 0.717) is 19.4 Å². The Balaban J connectivity index is 4.31. The Bertz CT molecular complexity index is 1270. The summed E-state index contributed by atoms with van der Waals surface area (Å²) in [4.78, 5) is 25.6. The molecular formula is C67H120O5. The van der Waals surface area contributed by atoms with Gasteiger partial charge < -0.3 is 14.2 Å². The van der Waals surface area contributed by atoms with Gasteiger partial charge in [0, 0.05) is 19.4 Å². The first kappa shape index (κ1) is 69.3. The molecule has 0 aliphatic carbocycles. The number of hydrogen-bond donors (Lipinski definition) is 0. The molecule has 0 aliphatic rings. The number of carbonyl (C=O) groups is 2. The minimum atomic E-state index is -0.549. The van der Waals surface area contributed by atoms with Crippen molar-refractivity contribution < 1.29 is 23.8 Å². The molecule has 0 rings (SSSR count). The molecule has 1 unspecified atom stereocenters. The van der Waals surface area contributed by atoms with Crippen molar-refractivity contribution in [2.24, 2.45) is 0 Å². The summed E-state index contributed by atoms with van der Waals surface area (Å²) in [5.74, 6) is -0.403. The SMILES string of the molecule is CCCCC/C=C\C/C=C\C/C=C\CCCCCCCCCOCC(COC(=O)CCCCCCCC/C=C\C/C=C\C/C=C\CCCCC)OC(=O)CCCCCCCCCCCCCCCCCCC. The Labute approximate surface area is 448 Å². The van der Waals surface area contributed by atoms with Gasteiger partial charge in [-0.3, -0.25) is 9.59 Å². The summed E-state index contributed by atoms with van der Waals surface area (Å²) in [5, 5.41) is 0. The van der Waals surface area contributed by atoms with Crippen LogP contribution in [0.5, 0.6) is 0 Å². The highest BCUT2D eigenvalue weighted by Crippen LogP contribution is 2.16. The first-order valence-electron chi connectivity index (χ1n) is 31.5. The Hall–Kier alpha value is -2.66. The average Bonchev–Trinajstić information content (AvgIpc) is 3.38. The van der Waals surface area contributed by atoms with Crippen LogP contribution in [0.15, 0.2) is 72.9 Å². The van der Waals surface area contributed by atoms with Gasteiger partial charge >= 0.3 is 11.9 Å². The molecule has 0 N–H and O–H groups in total. The quantitative estimate of drug-likeness (QED) is 0.0345. The molecule has 0 fully saturated rings. The van der Waals surface area contributed by atoms with Gasteiger partial charge in [0.25, 0.3) is 0 Å². The second-order valence-corrected chi connectivity index (χ2v) is 21.0. The molecule has 0 spiro atoms. The normalized spacial score (nSPS) is 12.7. The molecule has 72 heavy (non-hydrogen) atoms. The summed E-state index contributed by atoms with van der Waals surface area (Å²) in [6.45, 7) is 7.79. The lowest BCUT2D eigenvalue weighted by atomic mass is 10.0. The molecule has 0 saturated heterocycles. The predicted octanol–water partition coefficient (Wildman–Crippen LogP) is 21.8. The number of unbranched alkanes of at least 4 members (excludes halogenated alkanes) is 35. The highest BCUT2D eigenvalue weighted by Gasteiger charge is 2.17. The summed E-state index contributed by atoms with van der Waals surface area (Å²) < 4.78 is 17.5. The molecule has 0 aromatic carbocycles. The molecule has 1 atom stereocenters. The summed E-state index contributed by atoms with van der Waals surface area (Å²) in [6, 6.07) is 0. The van der Waals surface area contributed by atoms with Crippen molar-refractivity contribution in [2.45, 2.75) is 322 Å². The number of ether oxygens (including phenoxy) is 3. The minimum Gasteiger partial charge on any atom is -0.462 e. The van der Waals surface area contributed by atoms with E-state index in [1.54, 1.807) is 0 Å². The topological polar surface area (TPSA) is 61.8 Å². The monoisotopic (exact) mass is 1000 g/mol. The number of esters is 2. The summed E-state index contributed by atoms with van der Waals surface area (Å²) >= 11 is 0. The number of hydrogen-bond acceptors (Lipinski definition) is 5. The van der Waals surface area contributed by atoms with Crippen LogP contribution in [0.1, 0.15) is 316 Å². The number of carbonyl (C=O) groups excluding carboxylic acids is 2. The maximum atomic E-state index is 12.9. The van der Waals surface area contributed by atoms with E-state index >= 15 is 0 Å². The summed E-state index contributed by atoms with van der Waals surface area (Å²) in [6.07, 6.45) is 82.1. The summed E-state index contributed by atoms with van der Waals surface area (Å²) in [5.41, 5.74) is 0. The lowest BCUT2D eigenvalue weighted by Gasteiger charge is -2.18. The molecule has 418 valence electrons. The Kier molecular flexibility index (Phi) is 60.3. The van der Waals surface area contributed by atoms with E-state index in [1.165, 1.54) is 205 Å². The lowest BCUT2D eigenvalue weighted by molar-refractivity contribution is -0.163. The van der Waals surface area contributed by atoms with Crippen LogP contribution in [0.2, 0.25) is 0 Å². The van der Waals surface area contributed by atoms with Gasteiger partial charge in [0.2, 0.25) is 0 Å². The van der Waals surface area contributed by atoms with Crippen LogP contribution in [0, 0.1) is 0 Å². The van der Waals surface area contributed by atoms with Crippen molar-refractivity contribution in [3.63, 3.8) is 0 Å². The van der Waals surface area contributed by atoms with Crippen LogP contribution < -0.4 is 0 Å². The smallest absolute Gasteiger partial charge is 0.306 e. The van der Waals surface area contributed by atoms with Gasteiger partial charge in [-0.2, -0.15) is 0 Å². The Morgan fingerprint density at radius 2 is 0.583 bits per heavy atom. The first-order valence-corrected chi connectivity index (χ1v) is 31.5. The highest BCUT2D eigenvalue weighted by molar-refractivity contribution is 5.70. The predicted molar refractivity (Wildman–Crippen MR) is 316 cm³/mol. The maximum Gasteiger partial charge on any atom is 0.306 e. The zero-order valence-electron chi connectivity index (χ0n) is 48.2. The third-order valence-electron chi connectivity index (χ3n) is 13.7. The van der Waals surface area contributed by atoms with Gasteiger partial charge in [-0.05, 0) is 96.3 Å². The second-order valence-electron chi connectivity index (χ2n) is 21.0. The van der Waals surface area contributed by atoms with Gasteiger partial charge in [-0.1, -0.05) is 280 Å². The van der Waals surface area contributed by atoms with E-state index in [2.05, 4.69) is 93.7 Å². The van der Waals surface area contributed by atoms with Crippen LogP contribution in [0.4, 0.5) is 0 Å². The van der Waals surface area contributed by atoms with Crippen LogP contribution in [0.25, 0.3) is 0 Å². The molecule has 0 bridgehead atoms. The lowest BCUT2D eigenvalue weighted by Crippen LogP contribution is -2.30. The van der Waals surface area contributed by atoms with Crippen LogP contribution in [-0.2, 0) is 23.8 Å². The minimum absolute atomic E-state index is 0.0752. The molecule has 0 saturated carbocycles. The van der Waals surface area contributed by atoms with Crippen molar-refractivity contribution in [1.82, 2.24) is 0 Å². The fourth-order valence-electron chi connectivity index (χ4n) is 9.00. The standard InChI is InChI=1S/C67H120O5/c1-4-7-10-13-16-19-22-25-28-31-33-35-38-41-44-47-50-53-56-59-62-70-63-65(72-67(69)61-58-55-52-49-46-43-40-36-30-27-24-21-18-15-12-9-6-3)64-71-66(68)60-57-54-51-48-45-42-39-37-34-32-29-26-23-20-17-14-11-8-5-2/h16-17,19-20,25-26,28-29,33-35,37,65H,4-15,18,21-24,27,30-32,36,38-64H2,1-3H3/b19-16-,20-17-,28-25-,29-26-,35-33-,37-34-. The molecule has 5 nitrogen and oxygen atoms in total. The van der Waals surface area contributed by atoms with Gasteiger partial charge in [0.05, 0.1) is 6.61 Å². The molecule has 0 heterocycles. The van der Waals surface area contributed by atoms with Crippen molar-refractivity contribution >= 4 is 11.9 Å². The zero-order valence-corrected chi connectivity index (χ0v) is 48.2. The molecule has 0 radical (unpaired) electrons. The first-order chi connectivity index (χ1) is 35.6. The van der Waals surface area contributed by atoms with E-state index in [9.17, 15) is 9.59 Å². The average molecular weight is 1010 g/mol. The maximum absolute atomic E-state index is 12.9. The van der Waals surface area contributed by atoms with Crippen LogP contribution in [0.3, 0.4) is 0 Å². The molecule has 0 aromatic heterocycles. The fourth-order valence-corrected chi connectivity index (χ4v) is 9.00. The largest absolute Gasteiger partial charge is 0.462 e. The summed E-state index contributed by atoms with van der Waals surface area (Å²) in [7, 11) is 0. The van der Waals surface area contributed by atoms with E-state index in [4.69, 9.17) is 14.2 Å². The van der Waals surface area contributed by atoms with Gasteiger partial charge in [0.1, 0.15) is 6.61 Å². The molecule has 0 amide bonds.